The number of piperazine rings is 1. The fourth-order valence-corrected chi connectivity index (χ4v) is 5.86. The third-order valence-electron chi connectivity index (χ3n) is 8.51. The molecule has 7 nitrogen and oxygen atoms in total. The van der Waals surface area contributed by atoms with Crippen LogP contribution in [0.3, 0.4) is 0 Å². The Morgan fingerprint density at radius 3 is 2.39 bits per heavy atom. The summed E-state index contributed by atoms with van der Waals surface area (Å²) in [4.78, 5) is 35.4. The van der Waals surface area contributed by atoms with E-state index in [9.17, 15) is 14.0 Å². The summed E-state index contributed by atoms with van der Waals surface area (Å²) >= 11 is 0. The Kier molecular flexibility index (Phi) is 6.05. The van der Waals surface area contributed by atoms with Crippen LogP contribution in [0, 0.1) is 11.7 Å². The first kappa shape index (κ1) is 25.0. The summed E-state index contributed by atoms with van der Waals surface area (Å²) in [7, 11) is 0. The lowest BCUT2D eigenvalue weighted by molar-refractivity contribution is -0.142. The zero-order valence-electron chi connectivity index (χ0n) is 22.3. The van der Waals surface area contributed by atoms with Crippen LogP contribution in [0.15, 0.2) is 40.8 Å². The summed E-state index contributed by atoms with van der Waals surface area (Å²) in [5.41, 5.74) is 3.29. The van der Waals surface area contributed by atoms with Gasteiger partial charge in [0.1, 0.15) is 11.3 Å². The number of rotatable bonds is 4. The summed E-state index contributed by atoms with van der Waals surface area (Å²) in [6.45, 7) is 8.86. The Hall–Kier alpha value is -3.26. The van der Waals surface area contributed by atoms with Gasteiger partial charge in [-0.25, -0.2) is 9.37 Å². The van der Waals surface area contributed by atoms with Crippen molar-refractivity contribution in [3.63, 3.8) is 0 Å². The van der Waals surface area contributed by atoms with Gasteiger partial charge in [0.2, 0.25) is 5.91 Å². The van der Waals surface area contributed by atoms with Crippen molar-refractivity contribution in [3.8, 4) is 11.3 Å². The van der Waals surface area contributed by atoms with Gasteiger partial charge in [-0.3, -0.25) is 9.59 Å². The molecule has 0 bridgehead atoms. The van der Waals surface area contributed by atoms with E-state index in [0.29, 0.717) is 43.9 Å². The minimum atomic E-state index is -0.548. The summed E-state index contributed by atoms with van der Waals surface area (Å²) in [6, 6.07) is 10.0. The van der Waals surface area contributed by atoms with Crippen LogP contribution in [0.1, 0.15) is 62.6 Å². The lowest BCUT2D eigenvalue weighted by Crippen LogP contribution is -2.62. The smallest absolute Gasteiger partial charge is 0.290 e. The SMILES string of the molecule is CC1(c2cc(-c3ccc(F)cc3)nc3cc(C(=O)N4CCN(C(=O)C5CCOCC5)CC4(C)C)oc23)CC1. The van der Waals surface area contributed by atoms with Gasteiger partial charge in [0.05, 0.1) is 11.2 Å². The van der Waals surface area contributed by atoms with Crippen molar-refractivity contribution in [2.75, 3.05) is 32.8 Å². The zero-order chi connectivity index (χ0) is 26.7. The third-order valence-corrected chi connectivity index (χ3v) is 8.51. The largest absolute Gasteiger partial charge is 0.449 e. The number of benzene rings is 1. The van der Waals surface area contributed by atoms with Gasteiger partial charge in [-0.1, -0.05) is 6.92 Å². The normalized spacial score (nSPS) is 21.1. The van der Waals surface area contributed by atoms with Gasteiger partial charge in [-0.05, 0) is 75.3 Å². The highest BCUT2D eigenvalue weighted by molar-refractivity contribution is 5.97. The van der Waals surface area contributed by atoms with E-state index in [1.807, 2.05) is 29.7 Å². The number of nitrogens with zero attached hydrogens (tertiary/aromatic N) is 3. The van der Waals surface area contributed by atoms with Crippen LogP contribution in [-0.4, -0.2) is 65.0 Å². The van der Waals surface area contributed by atoms with Crippen molar-refractivity contribution in [3.05, 3.63) is 53.5 Å². The molecule has 3 aromatic rings. The van der Waals surface area contributed by atoms with Crippen LogP contribution in [0.2, 0.25) is 0 Å². The maximum absolute atomic E-state index is 13.8. The molecule has 2 saturated heterocycles. The van der Waals surface area contributed by atoms with Crippen molar-refractivity contribution < 1.29 is 23.1 Å². The van der Waals surface area contributed by atoms with E-state index in [0.717, 1.165) is 42.5 Å². The third kappa shape index (κ3) is 4.49. The quantitative estimate of drug-likeness (QED) is 0.475. The lowest BCUT2D eigenvalue weighted by atomic mass is 9.94. The highest BCUT2D eigenvalue weighted by Gasteiger charge is 2.43. The molecular weight excluding hydrogens is 485 g/mol. The number of furan rings is 1. The van der Waals surface area contributed by atoms with Gasteiger partial charge < -0.3 is 19.0 Å². The summed E-state index contributed by atoms with van der Waals surface area (Å²) in [6.07, 6.45) is 3.58. The van der Waals surface area contributed by atoms with Crippen LogP contribution < -0.4 is 0 Å². The monoisotopic (exact) mass is 519 g/mol. The molecule has 0 atom stereocenters. The van der Waals surface area contributed by atoms with E-state index in [-0.39, 0.29) is 34.7 Å². The Bertz CT molecular complexity index is 1390. The number of ether oxygens (including phenoxy) is 1. The molecule has 0 spiro atoms. The number of aromatic nitrogens is 1. The molecule has 6 rings (SSSR count). The molecule has 1 aromatic carbocycles. The molecule has 0 radical (unpaired) electrons. The van der Waals surface area contributed by atoms with Crippen molar-refractivity contribution in [1.29, 1.82) is 0 Å². The molecule has 200 valence electrons. The number of fused-ring (bicyclic) bond motifs is 1. The predicted octanol–water partition coefficient (Wildman–Crippen LogP) is 5.18. The fraction of sp³-hybridized carbons (Fsp3) is 0.500. The second kappa shape index (κ2) is 9.19. The standard InChI is InChI=1S/C30H34FN3O4/c1-29(2)18-33(27(35)20-8-14-37-15-9-20)12-13-34(29)28(36)25-17-24-26(38-25)22(30(3)10-11-30)16-23(32-24)19-4-6-21(31)7-5-19/h4-7,16-17,20H,8-15,18H2,1-3H3. The topological polar surface area (TPSA) is 75.9 Å². The highest BCUT2D eigenvalue weighted by atomic mass is 19.1. The van der Waals surface area contributed by atoms with Crippen LogP contribution >= 0.6 is 0 Å². The molecule has 3 aliphatic rings. The number of carbonyl (C=O) groups is 2. The van der Waals surface area contributed by atoms with E-state index in [2.05, 4.69) is 6.92 Å². The molecule has 8 heteroatoms. The maximum atomic E-state index is 13.8. The molecule has 2 aromatic heterocycles. The average Bonchev–Trinajstić information content (AvgIpc) is 3.51. The van der Waals surface area contributed by atoms with Crippen molar-refractivity contribution in [2.45, 2.75) is 57.4 Å². The minimum Gasteiger partial charge on any atom is -0.449 e. The molecule has 3 fully saturated rings. The Morgan fingerprint density at radius 2 is 1.74 bits per heavy atom. The molecule has 1 saturated carbocycles. The molecule has 0 N–H and O–H groups in total. The second-order valence-electron chi connectivity index (χ2n) is 11.9. The molecular formula is C30H34FN3O4. The molecule has 1 aliphatic carbocycles. The van der Waals surface area contributed by atoms with Crippen LogP contribution in [0.25, 0.3) is 22.4 Å². The van der Waals surface area contributed by atoms with Crippen molar-refractivity contribution in [1.82, 2.24) is 14.8 Å². The van der Waals surface area contributed by atoms with Crippen LogP contribution in [0.4, 0.5) is 4.39 Å². The molecule has 2 aliphatic heterocycles. The Morgan fingerprint density at radius 1 is 1.03 bits per heavy atom. The first-order chi connectivity index (χ1) is 18.1. The van der Waals surface area contributed by atoms with Crippen LogP contribution in [-0.2, 0) is 14.9 Å². The first-order valence-corrected chi connectivity index (χ1v) is 13.5. The van der Waals surface area contributed by atoms with E-state index >= 15 is 0 Å². The van der Waals surface area contributed by atoms with Gasteiger partial charge in [0, 0.05) is 56.0 Å². The maximum Gasteiger partial charge on any atom is 0.290 e. The number of hydrogen-bond donors (Lipinski definition) is 0. The first-order valence-electron chi connectivity index (χ1n) is 13.5. The second-order valence-corrected chi connectivity index (χ2v) is 11.9. The van der Waals surface area contributed by atoms with Gasteiger partial charge in [0.15, 0.2) is 11.3 Å². The molecule has 2 amide bonds. The van der Waals surface area contributed by atoms with Gasteiger partial charge in [-0.2, -0.15) is 0 Å². The van der Waals surface area contributed by atoms with Crippen LogP contribution in [0.5, 0.6) is 0 Å². The predicted molar refractivity (Wildman–Crippen MR) is 141 cm³/mol. The molecule has 4 heterocycles. The zero-order valence-corrected chi connectivity index (χ0v) is 22.3. The van der Waals surface area contributed by atoms with E-state index in [4.69, 9.17) is 14.1 Å². The van der Waals surface area contributed by atoms with Crippen molar-refractivity contribution in [2.24, 2.45) is 5.92 Å². The minimum absolute atomic E-state index is 0.000705. The van der Waals surface area contributed by atoms with E-state index in [1.165, 1.54) is 12.1 Å². The number of pyridine rings is 1. The van der Waals surface area contributed by atoms with E-state index in [1.54, 1.807) is 18.2 Å². The Balaban J connectivity index is 1.28. The number of amides is 2. The molecule has 38 heavy (non-hydrogen) atoms. The van der Waals surface area contributed by atoms with Crippen molar-refractivity contribution >= 4 is 22.9 Å². The fourth-order valence-electron chi connectivity index (χ4n) is 5.86. The molecule has 0 unspecified atom stereocenters. The highest BCUT2D eigenvalue weighted by Crippen LogP contribution is 2.50. The average molecular weight is 520 g/mol. The van der Waals surface area contributed by atoms with E-state index < -0.39 is 5.54 Å². The number of carbonyl (C=O) groups excluding carboxylic acids is 2. The summed E-state index contributed by atoms with van der Waals surface area (Å²) < 4.78 is 25.2. The van der Waals surface area contributed by atoms with Gasteiger partial charge in [0.25, 0.3) is 5.91 Å². The number of hydrogen-bond acceptors (Lipinski definition) is 5. The van der Waals surface area contributed by atoms with Gasteiger partial charge in [-0.15, -0.1) is 0 Å². The number of halogens is 1. The Labute approximate surface area is 221 Å². The van der Waals surface area contributed by atoms with Gasteiger partial charge >= 0.3 is 0 Å². The lowest BCUT2D eigenvalue weighted by Gasteiger charge is -2.47. The summed E-state index contributed by atoms with van der Waals surface area (Å²) in [5.74, 6) is -0.0664. The summed E-state index contributed by atoms with van der Waals surface area (Å²) in [5, 5.41) is 0.